The van der Waals surface area contributed by atoms with Gasteiger partial charge in [0, 0.05) is 36.1 Å². The van der Waals surface area contributed by atoms with Gasteiger partial charge in [0.25, 0.3) is 0 Å². The summed E-state index contributed by atoms with van der Waals surface area (Å²) in [6.07, 6.45) is 0.852. The van der Waals surface area contributed by atoms with Crippen LogP contribution >= 0.6 is 33.3 Å². The summed E-state index contributed by atoms with van der Waals surface area (Å²) in [6, 6.07) is 5.94. The van der Waals surface area contributed by atoms with Crippen molar-refractivity contribution in [2.75, 3.05) is 30.4 Å². The summed E-state index contributed by atoms with van der Waals surface area (Å²) in [5.74, 6) is 0.470. The summed E-state index contributed by atoms with van der Waals surface area (Å²) in [4.78, 5) is 16.9. The fraction of sp³-hybridized carbons (Fsp3) is 0.462. The number of carbonyl (C=O) groups is 1. The Hall–Kier alpha value is -0.580. The van der Waals surface area contributed by atoms with Gasteiger partial charge in [-0.1, -0.05) is 13.0 Å². The standard InChI is InChI=1S/C13H16Cl2N2OS/c1-2-10-11(4-3-5-12(10)19-15)17-9-8-16(7-6-14)13(17)18/h3-5H,2,6-9H2,1H3. The molecular weight excluding hydrogens is 303 g/mol. The molecule has 1 aliphatic rings. The van der Waals surface area contributed by atoms with E-state index in [2.05, 4.69) is 6.92 Å². The van der Waals surface area contributed by atoms with Gasteiger partial charge in [-0.05, 0) is 45.8 Å². The number of hydrogen-bond donors (Lipinski definition) is 0. The van der Waals surface area contributed by atoms with E-state index in [0.29, 0.717) is 19.0 Å². The number of halogens is 2. The molecule has 1 aromatic carbocycles. The van der Waals surface area contributed by atoms with Gasteiger partial charge in [0.1, 0.15) is 0 Å². The number of alkyl halides is 1. The predicted molar refractivity (Wildman–Crippen MR) is 82.6 cm³/mol. The highest BCUT2D eigenvalue weighted by Gasteiger charge is 2.30. The van der Waals surface area contributed by atoms with Crippen LogP contribution in [0.1, 0.15) is 12.5 Å². The summed E-state index contributed by atoms with van der Waals surface area (Å²) in [7, 11) is 7.09. The van der Waals surface area contributed by atoms with Crippen molar-refractivity contribution in [3.05, 3.63) is 23.8 Å². The Labute approximate surface area is 127 Å². The highest BCUT2D eigenvalue weighted by molar-refractivity contribution is 8.21. The highest BCUT2D eigenvalue weighted by atomic mass is 35.7. The Morgan fingerprint density at radius 1 is 1.37 bits per heavy atom. The van der Waals surface area contributed by atoms with Crippen LogP contribution in [0.2, 0.25) is 0 Å². The maximum absolute atomic E-state index is 12.3. The molecule has 0 aliphatic carbocycles. The van der Waals surface area contributed by atoms with Gasteiger partial charge in [-0.2, -0.15) is 0 Å². The molecule has 0 spiro atoms. The van der Waals surface area contributed by atoms with Crippen molar-refractivity contribution >= 4 is 45.0 Å². The van der Waals surface area contributed by atoms with E-state index in [1.807, 2.05) is 23.1 Å². The summed E-state index contributed by atoms with van der Waals surface area (Å²) in [6.45, 7) is 4.11. The number of urea groups is 1. The first-order chi connectivity index (χ1) is 9.22. The van der Waals surface area contributed by atoms with Crippen molar-refractivity contribution in [3.8, 4) is 0 Å². The maximum atomic E-state index is 12.3. The van der Waals surface area contributed by atoms with E-state index in [9.17, 15) is 4.79 Å². The molecule has 1 fully saturated rings. The molecule has 0 aromatic heterocycles. The average molecular weight is 319 g/mol. The van der Waals surface area contributed by atoms with Gasteiger partial charge in [-0.25, -0.2) is 4.79 Å². The Bertz CT molecular complexity index is 470. The van der Waals surface area contributed by atoms with Crippen molar-refractivity contribution in [3.63, 3.8) is 0 Å². The number of amides is 2. The molecule has 0 unspecified atom stereocenters. The molecule has 104 valence electrons. The van der Waals surface area contributed by atoms with E-state index in [1.165, 1.54) is 11.0 Å². The van der Waals surface area contributed by atoms with Gasteiger partial charge >= 0.3 is 6.03 Å². The van der Waals surface area contributed by atoms with Crippen LogP contribution in [0.3, 0.4) is 0 Å². The molecule has 1 saturated heterocycles. The zero-order valence-corrected chi connectivity index (χ0v) is 13.1. The Balaban J connectivity index is 2.30. The van der Waals surface area contributed by atoms with Gasteiger partial charge in [0.15, 0.2) is 0 Å². The largest absolute Gasteiger partial charge is 0.324 e. The van der Waals surface area contributed by atoms with Crippen molar-refractivity contribution < 1.29 is 4.79 Å². The highest BCUT2D eigenvalue weighted by Crippen LogP contribution is 2.34. The maximum Gasteiger partial charge on any atom is 0.324 e. The third-order valence-corrected chi connectivity index (χ3v) is 4.50. The van der Waals surface area contributed by atoms with Gasteiger partial charge in [-0.15, -0.1) is 11.6 Å². The first-order valence-corrected chi connectivity index (χ1v) is 8.43. The van der Waals surface area contributed by atoms with Gasteiger partial charge in [0.05, 0.1) is 0 Å². The first kappa shape index (κ1) is 14.8. The smallest absolute Gasteiger partial charge is 0.321 e. The molecule has 0 bridgehead atoms. The summed E-state index contributed by atoms with van der Waals surface area (Å²) >= 11 is 5.71. The molecule has 1 aromatic rings. The third-order valence-electron chi connectivity index (χ3n) is 3.29. The van der Waals surface area contributed by atoms with Gasteiger partial charge < -0.3 is 4.90 Å². The van der Waals surface area contributed by atoms with Gasteiger partial charge in [0.2, 0.25) is 0 Å². The van der Waals surface area contributed by atoms with E-state index in [4.69, 9.17) is 22.3 Å². The monoisotopic (exact) mass is 318 g/mol. The number of carbonyl (C=O) groups excluding carboxylic acids is 1. The van der Waals surface area contributed by atoms with Crippen LogP contribution in [0.4, 0.5) is 10.5 Å². The lowest BCUT2D eigenvalue weighted by Crippen LogP contribution is -2.33. The average Bonchev–Trinajstić information content (AvgIpc) is 2.79. The lowest BCUT2D eigenvalue weighted by atomic mass is 10.1. The number of hydrogen-bond acceptors (Lipinski definition) is 2. The molecule has 2 amide bonds. The van der Waals surface area contributed by atoms with E-state index in [1.54, 1.807) is 4.90 Å². The van der Waals surface area contributed by atoms with Crippen molar-refractivity contribution in [1.29, 1.82) is 0 Å². The number of anilines is 1. The van der Waals surface area contributed by atoms with Crippen molar-refractivity contribution in [2.45, 2.75) is 18.2 Å². The summed E-state index contributed by atoms with van der Waals surface area (Å²) in [5, 5.41) is 0. The lowest BCUT2D eigenvalue weighted by molar-refractivity contribution is 0.223. The summed E-state index contributed by atoms with van der Waals surface area (Å²) in [5.41, 5.74) is 2.10. The van der Waals surface area contributed by atoms with Crippen LogP contribution in [0.5, 0.6) is 0 Å². The predicted octanol–water partition coefficient (Wildman–Crippen LogP) is 3.98. The second kappa shape index (κ2) is 6.73. The summed E-state index contributed by atoms with van der Waals surface area (Å²) < 4.78 is 0. The molecule has 19 heavy (non-hydrogen) atoms. The van der Waals surface area contributed by atoms with E-state index >= 15 is 0 Å². The Morgan fingerprint density at radius 2 is 2.16 bits per heavy atom. The molecule has 0 atom stereocenters. The molecule has 6 heteroatoms. The van der Waals surface area contributed by atoms with E-state index < -0.39 is 0 Å². The topological polar surface area (TPSA) is 23.6 Å². The van der Waals surface area contributed by atoms with Crippen LogP contribution in [-0.2, 0) is 6.42 Å². The molecule has 0 radical (unpaired) electrons. The molecule has 1 heterocycles. The molecule has 1 aliphatic heterocycles. The van der Waals surface area contributed by atoms with Crippen LogP contribution in [0.25, 0.3) is 0 Å². The fourth-order valence-electron chi connectivity index (χ4n) is 2.35. The Kier molecular flexibility index (Phi) is 5.25. The molecular formula is C13H16Cl2N2OS. The second-order valence-corrected chi connectivity index (χ2v) is 5.73. The minimum absolute atomic E-state index is 0.0343. The zero-order valence-electron chi connectivity index (χ0n) is 10.7. The first-order valence-electron chi connectivity index (χ1n) is 6.25. The molecule has 0 saturated carbocycles. The van der Waals surface area contributed by atoms with Gasteiger partial charge in [-0.3, -0.25) is 4.90 Å². The quantitative estimate of drug-likeness (QED) is 0.767. The van der Waals surface area contributed by atoms with Crippen LogP contribution in [-0.4, -0.2) is 36.4 Å². The minimum atomic E-state index is 0.0343. The normalized spacial score (nSPS) is 15.4. The molecule has 3 nitrogen and oxygen atoms in total. The van der Waals surface area contributed by atoms with Crippen molar-refractivity contribution in [1.82, 2.24) is 4.90 Å². The second-order valence-electron chi connectivity index (χ2n) is 4.29. The lowest BCUT2D eigenvalue weighted by Gasteiger charge is -2.21. The molecule has 0 N–H and O–H groups in total. The van der Waals surface area contributed by atoms with E-state index in [-0.39, 0.29) is 6.03 Å². The molecule has 2 rings (SSSR count). The number of nitrogens with zero attached hydrogens (tertiary/aromatic N) is 2. The number of rotatable bonds is 5. The van der Waals surface area contributed by atoms with Crippen molar-refractivity contribution in [2.24, 2.45) is 0 Å². The Morgan fingerprint density at radius 3 is 2.79 bits per heavy atom. The number of benzene rings is 1. The third kappa shape index (κ3) is 2.96. The van der Waals surface area contributed by atoms with Crippen LogP contribution < -0.4 is 4.90 Å². The van der Waals surface area contributed by atoms with E-state index in [0.717, 1.165) is 29.1 Å². The SMILES string of the molecule is CCc1c(SCl)cccc1N1CCN(CCCl)C1=O. The van der Waals surface area contributed by atoms with Crippen LogP contribution in [0.15, 0.2) is 23.1 Å². The zero-order chi connectivity index (χ0) is 13.8. The fourth-order valence-corrected chi connectivity index (χ4v) is 3.46. The minimum Gasteiger partial charge on any atom is -0.321 e. The van der Waals surface area contributed by atoms with Crippen LogP contribution in [0, 0.1) is 0 Å².